The fraction of sp³-hybridized carbons (Fsp3) is 0.286. The van der Waals surface area contributed by atoms with Crippen molar-refractivity contribution in [1.29, 1.82) is 0 Å². The molecule has 0 radical (unpaired) electrons. The second-order valence-corrected chi connectivity index (χ2v) is 1.76. The van der Waals surface area contributed by atoms with Crippen LogP contribution in [0.5, 0.6) is 0 Å². The highest BCUT2D eigenvalue weighted by Crippen LogP contribution is 2.01. The predicted molar refractivity (Wildman–Crippen MR) is 35.9 cm³/mol. The SMILES string of the molecule is C#Cc1cn[nH]c1CC. The minimum atomic E-state index is 0.873. The zero-order valence-corrected chi connectivity index (χ0v) is 5.31. The molecule has 2 heteroatoms. The lowest BCUT2D eigenvalue weighted by Crippen LogP contribution is -1.82. The van der Waals surface area contributed by atoms with Crippen molar-refractivity contribution >= 4 is 0 Å². The Balaban J connectivity index is 3.02. The molecule has 0 bridgehead atoms. The minimum absolute atomic E-state index is 0.873. The van der Waals surface area contributed by atoms with Crippen LogP contribution in [0.25, 0.3) is 0 Å². The van der Waals surface area contributed by atoms with E-state index in [0.29, 0.717) is 0 Å². The van der Waals surface area contributed by atoms with Gasteiger partial charge >= 0.3 is 0 Å². The van der Waals surface area contributed by atoms with Gasteiger partial charge in [-0.1, -0.05) is 12.8 Å². The molecule has 2 nitrogen and oxygen atoms in total. The number of aryl methyl sites for hydroxylation is 1. The summed E-state index contributed by atoms with van der Waals surface area (Å²) in [5.41, 5.74) is 1.91. The molecular weight excluding hydrogens is 112 g/mol. The maximum atomic E-state index is 5.16. The Morgan fingerprint density at radius 2 is 2.67 bits per heavy atom. The summed E-state index contributed by atoms with van der Waals surface area (Å²) in [6, 6.07) is 0. The van der Waals surface area contributed by atoms with Crippen LogP contribution in [0.15, 0.2) is 6.20 Å². The van der Waals surface area contributed by atoms with Gasteiger partial charge in [-0.2, -0.15) is 5.10 Å². The third kappa shape index (κ3) is 0.945. The van der Waals surface area contributed by atoms with Crippen molar-refractivity contribution in [2.75, 3.05) is 0 Å². The molecule has 0 fully saturated rings. The molecule has 0 saturated carbocycles. The van der Waals surface area contributed by atoms with E-state index in [1.165, 1.54) is 0 Å². The lowest BCUT2D eigenvalue weighted by molar-refractivity contribution is 0.973. The topological polar surface area (TPSA) is 28.7 Å². The third-order valence-corrected chi connectivity index (χ3v) is 1.23. The molecule has 0 aliphatic heterocycles. The Morgan fingerprint density at radius 1 is 1.89 bits per heavy atom. The van der Waals surface area contributed by atoms with Crippen molar-refractivity contribution in [2.45, 2.75) is 13.3 Å². The van der Waals surface area contributed by atoms with Crippen molar-refractivity contribution in [1.82, 2.24) is 10.2 Å². The van der Waals surface area contributed by atoms with E-state index in [-0.39, 0.29) is 0 Å². The summed E-state index contributed by atoms with van der Waals surface area (Å²) < 4.78 is 0. The molecule has 0 amide bonds. The van der Waals surface area contributed by atoms with Crippen LogP contribution in [-0.2, 0) is 6.42 Å². The average molecular weight is 120 g/mol. The van der Waals surface area contributed by atoms with Crippen LogP contribution >= 0.6 is 0 Å². The second-order valence-electron chi connectivity index (χ2n) is 1.76. The lowest BCUT2D eigenvalue weighted by atomic mass is 10.2. The van der Waals surface area contributed by atoms with E-state index >= 15 is 0 Å². The van der Waals surface area contributed by atoms with Gasteiger partial charge in [0.25, 0.3) is 0 Å². The molecule has 1 heterocycles. The van der Waals surface area contributed by atoms with Crippen molar-refractivity contribution in [2.24, 2.45) is 0 Å². The third-order valence-electron chi connectivity index (χ3n) is 1.23. The van der Waals surface area contributed by atoms with Crippen molar-refractivity contribution in [3.8, 4) is 12.3 Å². The van der Waals surface area contributed by atoms with Gasteiger partial charge < -0.3 is 0 Å². The summed E-state index contributed by atoms with van der Waals surface area (Å²) in [7, 11) is 0. The van der Waals surface area contributed by atoms with E-state index in [9.17, 15) is 0 Å². The fourth-order valence-electron chi connectivity index (χ4n) is 0.707. The Labute approximate surface area is 54.3 Å². The fourth-order valence-corrected chi connectivity index (χ4v) is 0.707. The molecule has 46 valence electrons. The quantitative estimate of drug-likeness (QED) is 0.549. The Bertz CT molecular complexity index is 229. The Kier molecular flexibility index (Phi) is 1.55. The highest BCUT2D eigenvalue weighted by molar-refractivity contribution is 5.33. The first-order chi connectivity index (χ1) is 4.38. The molecule has 0 aliphatic rings. The van der Waals surface area contributed by atoms with E-state index in [4.69, 9.17) is 6.42 Å². The summed E-state index contributed by atoms with van der Waals surface area (Å²) in [4.78, 5) is 0. The van der Waals surface area contributed by atoms with Crippen molar-refractivity contribution in [3.05, 3.63) is 17.5 Å². The number of hydrogen-bond acceptors (Lipinski definition) is 1. The van der Waals surface area contributed by atoms with Gasteiger partial charge in [-0.15, -0.1) is 6.42 Å². The number of hydrogen-bond donors (Lipinski definition) is 1. The van der Waals surface area contributed by atoms with Crippen LogP contribution in [0.3, 0.4) is 0 Å². The van der Waals surface area contributed by atoms with Gasteiger partial charge in [0.15, 0.2) is 0 Å². The number of nitrogens with one attached hydrogen (secondary N) is 1. The lowest BCUT2D eigenvalue weighted by Gasteiger charge is -1.86. The molecule has 9 heavy (non-hydrogen) atoms. The van der Waals surface area contributed by atoms with Crippen LogP contribution in [0, 0.1) is 12.3 Å². The number of rotatable bonds is 1. The van der Waals surface area contributed by atoms with Crippen LogP contribution < -0.4 is 0 Å². The Hall–Kier alpha value is -1.23. The highest BCUT2D eigenvalue weighted by Gasteiger charge is 1.96. The predicted octanol–water partition coefficient (Wildman–Crippen LogP) is 0.953. The minimum Gasteiger partial charge on any atom is -0.281 e. The van der Waals surface area contributed by atoms with Gasteiger partial charge in [0.1, 0.15) is 0 Å². The molecule has 0 saturated heterocycles. The zero-order chi connectivity index (χ0) is 6.69. The Morgan fingerprint density at radius 3 is 3.11 bits per heavy atom. The van der Waals surface area contributed by atoms with Gasteiger partial charge in [0, 0.05) is 0 Å². The number of aromatic amines is 1. The molecular formula is C7H8N2. The first kappa shape index (κ1) is 5.90. The van der Waals surface area contributed by atoms with Crippen molar-refractivity contribution in [3.63, 3.8) is 0 Å². The van der Waals surface area contributed by atoms with Gasteiger partial charge in [0.2, 0.25) is 0 Å². The molecule has 1 N–H and O–H groups in total. The molecule has 0 aromatic carbocycles. The van der Waals surface area contributed by atoms with Gasteiger partial charge in [-0.05, 0) is 6.42 Å². The zero-order valence-electron chi connectivity index (χ0n) is 5.31. The maximum Gasteiger partial charge on any atom is 0.0651 e. The summed E-state index contributed by atoms with van der Waals surface area (Å²) >= 11 is 0. The number of aromatic nitrogens is 2. The molecule has 0 unspecified atom stereocenters. The first-order valence-electron chi connectivity index (χ1n) is 2.87. The van der Waals surface area contributed by atoms with E-state index in [0.717, 1.165) is 17.7 Å². The molecule has 0 spiro atoms. The van der Waals surface area contributed by atoms with Crippen molar-refractivity contribution < 1.29 is 0 Å². The van der Waals surface area contributed by atoms with Crippen LogP contribution in [0.4, 0.5) is 0 Å². The summed E-state index contributed by atoms with van der Waals surface area (Å²) in [5, 5.41) is 6.61. The molecule has 1 aromatic rings. The van der Waals surface area contributed by atoms with Gasteiger partial charge in [-0.3, -0.25) is 5.10 Å². The van der Waals surface area contributed by atoms with E-state index in [2.05, 4.69) is 16.1 Å². The smallest absolute Gasteiger partial charge is 0.0651 e. The van der Waals surface area contributed by atoms with Crippen LogP contribution in [0.1, 0.15) is 18.2 Å². The second kappa shape index (κ2) is 2.36. The number of terminal acetylenes is 1. The van der Waals surface area contributed by atoms with Crippen LogP contribution in [0.2, 0.25) is 0 Å². The molecule has 1 aromatic heterocycles. The largest absolute Gasteiger partial charge is 0.281 e. The summed E-state index contributed by atoms with van der Waals surface area (Å²) in [5.74, 6) is 2.53. The number of nitrogens with zero attached hydrogens (tertiary/aromatic N) is 1. The van der Waals surface area contributed by atoms with E-state index in [1.807, 2.05) is 6.92 Å². The normalized spacial score (nSPS) is 8.89. The highest BCUT2D eigenvalue weighted by atomic mass is 15.1. The number of H-pyrrole nitrogens is 1. The first-order valence-corrected chi connectivity index (χ1v) is 2.87. The molecule has 0 atom stereocenters. The van der Waals surface area contributed by atoms with E-state index < -0.39 is 0 Å². The standard InChI is InChI=1S/C7H8N2/c1-3-6-5-8-9-7(6)4-2/h1,5H,4H2,2H3,(H,8,9). The van der Waals surface area contributed by atoms with Gasteiger partial charge in [-0.25, -0.2) is 0 Å². The monoisotopic (exact) mass is 120 g/mol. The maximum absolute atomic E-state index is 5.16. The van der Waals surface area contributed by atoms with Crippen LogP contribution in [-0.4, -0.2) is 10.2 Å². The molecule has 1 rings (SSSR count). The average Bonchev–Trinajstić information content (AvgIpc) is 2.33. The van der Waals surface area contributed by atoms with E-state index in [1.54, 1.807) is 6.20 Å². The summed E-state index contributed by atoms with van der Waals surface area (Å²) in [6.45, 7) is 2.04. The van der Waals surface area contributed by atoms with Gasteiger partial charge in [0.05, 0.1) is 17.5 Å². The molecule has 0 aliphatic carbocycles. The summed E-state index contributed by atoms with van der Waals surface area (Å²) in [6.07, 6.45) is 7.74.